The number of rotatable bonds is 6. The first-order valence-corrected chi connectivity index (χ1v) is 10.8. The van der Waals surface area contributed by atoms with Crippen LogP contribution >= 0.6 is 0 Å². The van der Waals surface area contributed by atoms with E-state index in [0.717, 1.165) is 0 Å². The van der Waals surface area contributed by atoms with Crippen molar-refractivity contribution in [3.8, 4) is 0 Å². The smallest absolute Gasteiger partial charge is 0.323 e. The topological polar surface area (TPSA) is 179 Å². The Hall–Kier alpha value is -2.20. The molecule has 184 valence electrons. The first kappa shape index (κ1) is 27.8. The van der Waals surface area contributed by atoms with Crippen LogP contribution < -0.4 is 11.5 Å². The molecule has 0 aromatic heterocycles. The number of carboxylic acid groups (broad SMARTS) is 2. The van der Waals surface area contributed by atoms with E-state index in [2.05, 4.69) is 0 Å². The van der Waals surface area contributed by atoms with Gasteiger partial charge in [-0.2, -0.15) is 0 Å². The van der Waals surface area contributed by atoms with Gasteiger partial charge < -0.3 is 31.2 Å². The predicted molar refractivity (Wildman–Crippen MR) is 115 cm³/mol. The molecule has 0 saturated heterocycles. The quantitative estimate of drug-likeness (QED) is 0.426. The number of ether oxygens (including phenoxy) is 2. The summed E-state index contributed by atoms with van der Waals surface area (Å²) >= 11 is 0. The summed E-state index contributed by atoms with van der Waals surface area (Å²) in [6, 6.07) is -1.40. The number of hydrogen-bond donors (Lipinski definition) is 4. The molecule has 32 heavy (non-hydrogen) atoms. The highest BCUT2D eigenvalue weighted by atomic mass is 16.6. The molecule has 2 unspecified atom stereocenters. The van der Waals surface area contributed by atoms with Gasteiger partial charge in [-0.3, -0.25) is 19.2 Å². The molecule has 0 aromatic carbocycles. The highest BCUT2D eigenvalue weighted by Gasteiger charge is 2.42. The molecule has 10 heteroatoms. The second-order valence-corrected chi connectivity index (χ2v) is 10.7. The minimum absolute atomic E-state index is 0.0593. The van der Waals surface area contributed by atoms with Crippen LogP contribution in [0.3, 0.4) is 0 Å². The van der Waals surface area contributed by atoms with Gasteiger partial charge in [0.15, 0.2) is 0 Å². The van der Waals surface area contributed by atoms with E-state index >= 15 is 0 Å². The van der Waals surface area contributed by atoms with E-state index in [0.29, 0.717) is 25.7 Å². The van der Waals surface area contributed by atoms with E-state index in [1.165, 1.54) is 0 Å². The fraction of sp³-hybridized carbons (Fsp3) is 0.818. The summed E-state index contributed by atoms with van der Waals surface area (Å²) in [4.78, 5) is 44.3. The van der Waals surface area contributed by atoms with Crippen LogP contribution in [0.2, 0.25) is 0 Å². The van der Waals surface area contributed by atoms with Crippen molar-refractivity contribution in [1.82, 2.24) is 0 Å². The number of carbonyl (C=O) groups excluding carboxylic acids is 2. The van der Waals surface area contributed by atoms with Gasteiger partial charge >= 0.3 is 23.9 Å². The lowest BCUT2D eigenvalue weighted by Crippen LogP contribution is -2.48. The van der Waals surface area contributed by atoms with Crippen LogP contribution in [0.25, 0.3) is 0 Å². The molecule has 10 nitrogen and oxygen atoms in total. The summed E-state index contributed by atoms with van der Waals surface area (Å²) < 4.78 is 10.3. The van der Waals surface area contributed by atoms with Crippen molar-refractivity contribution in [2.24, 2.45) is 35.1 Å². The van der Waals surface area contributed by atoms with Crippen LogP contribution in [0.4, 0.5) is 0 Å². The molecule has 2 saturated carbocycles. The predicted octanol–water partition coefficient (Wildman–Crippen LogP) is 1.53. The monoisotopic (exact) mass is 458 g/mol. The summed E-state index contributed by atoms with van der Waals surface area (Å²) in [5, 5.41) is 17.4. The lowest BCUT2D eigenvalue weighted by atomic mass is 9.71. The van der Waals surface area contributed by atoms with Crippen molar-refractivity contribution >= 4 is 23.9 Å². The van der Waals surface area contributed by atoms with Crippen molar-refractivity contribution in [3.63, 3.8) is 0 Å². The van der Waals surface area contributed by atoms with E-state index < -0.39 is 47.2 Å². The fourth-order valence-corrected chi connectivity index (χ4v) is 3.44. The normalized spacial score (nSPS) is 26.8. The maximum Gasteiger partial charge on any atom is 0.323 e. The molecule has 2 rings (SSSR count). The minimum Gasteiger partial charge on any atom is -0.481 e. The lowest BCUT2D eigenvalue weighted by molar-refractivity contribution is -0.162. The molecule has 0 bridgehead atoms. The largest absolute Gasteiger partial charge is 0.481 e. The Kier molecular flexibility index (Phi) is 9.23. The van der Waals surface area contributed by atoms with Gasteiger partial charge in [0.2, 0.25) is 0 Å². The van der Waals surface area contributed by atoms with Crippen molar-refractivity contribution in [2.75, 3.05) is 0 Å². The Morgan fingerprint density at radius 3 is 1.12 bits per heavy atom. The van der Waals surface area contributed by atoms with Gasteiger partial charge in [-0.25, -0.2) is 0 Å². The Morgan fingerprint density at radius 2 is 0.938 bits per heavy atom. The van der Waals surface area contributed by atoms with Gasteiger partial charge in [0.25, 0.3) is 0 Å². The van der Waals surface area contributed by atoms with Gasteiger partial charge in [0.05, 0.1) is 11.8 Å². The maximum absolute atomic E-state index is 11.6. The average Bonchev–Trinajstić information content (AvgIpc) is 2.48. The van der Waals surface area contributed by atoms with Crippen LogP contribution in [0.15, 0.2) is 0 Å². The van der Waals surface area contributed by atoms with Crippen molar-refractivity contribution in [2.45, 2.75) is 90.5 Å². The number of hydrogen-bond acceptors (Lipinski definition) is 8. The van der Waals surface area contributed by atoms with Gasteiger partial charge in [-0.15, -0.1) is 0 Å². The molecule has 0 heterocycles. The Bertz CT molecular complexity index is 638. The molecule has 0 spiro atoms. The zero-order chi connectivity index (χ0) is 25.0. The molecule has 2 fully saturated rings. The number of nitrogens with two attached hydrogens (primary N) is 2. The van der Waals surface area contributed by atoms with Gasteiger partial charge in [0, 0.05) is 0 Å². The molecule has 6 N–H and O–H groups in total. The molecular weight excluding hydrogens is 420 g/mol. The van der Waals surface area contributed by atoms with Gasteiger partial charge in [-0.1, -0.05) is 0 Å². The van der Waals surface area contributed by atoms with E-state index in [4.69, 9.17) is 31.2 Å². The number of esters is 2. The van der Waals surface area contributed by atoms with Crippen molar-refractivity contribution < 1.29 is 38.9 Å². The van der Waals surface area contributed by atoms with E-state index in [9.17, 15) is 19.2 Å². The highest BCUT2D eigenvalue weighted by Crippen LogP contribution is 2.37. The first-order valence-electron chi connectivity index (χ1n) is 10.8. The second kappa shape index (κ2) is 10.6. The van der Waals surface area contributed by atoms with Crippen LogP contribution in [0.5, 0.6) is 0 Å². The number of aliphatic carboxylic acids is 2. The summed E-state index contributed by atoms with van der Waals surface area (Å²) in [6.07, 6.45) is 1.87. The standard InChI is InChI=1S/2C11H19NO4/c2*1-11(2,3)16-10(15)8(12)6-4-7(5-6)9(13)14/h2*6-8H,4-5,12H2,1-3H3,(H,13,14). The highest BCUT2D eigenvalue weighted by molar-refractivity contribution is 5.78. The molecule has 0 aromatic rings. The number of carboxylic acids is 2. The van der Waals surface area contributed by atoms with Crippen LogP contribution in [0, 0.1) is 23.7 Å². The van der Waals surface area contributed by atoms with E-state index in [1.807, 2.05) is 0 Å². The first-order chi connectivity index (χ1) is 14.4. The molecule has 0 amide bonds. The third-order valence-electron chi connectivity index (χ3n) is 5.42. The zero-order valence-electron chi connectivity index (χ0n) is 19.8. The van der Waals surface area contributed by atoms with Gasteiger partial charge in [-0.05, 0) is 79.1 Å². The summed E-state index contributed by atoms with van der Waals surface area (Å²) in [5.74, 6) is -3.33. The SMILES string of the molecule is CC(C)(C)OC(=O)C(N)C1CC(C(=O)O)C1.CC(C)(C)OC(=O)C(N)C1CC(C(=O)O)C1. The molecule has 2 atom stereocenters. The van der Waals surface area contributed by atoms with Crippen molar-refractivity contribution in [3.05, 3.63) is 0 Å². The second-order valence-electron chi connectivity index (χ2n) is 10.7. The summed E-state index contributed by atoms with van der Waals surface area (Å²) in [5.41, 5.74) is 10.3. The maximum atomic E-state index is 11.6. The van der Waals surface area contributed by atoms with Crippen LogP contribution in [-0.2, 0) is 28.7 Å². The Labute approximate surface area is 189 Å². The van der Waals surface area contributed by atoms with Gasteiger partial charge in [0.1, 0.15) is 23.3 Å². The lowest BCUT2D eigenvalue weighted by Gasteiger charge is -2.36. The molecule has 2 aliphatic rings. The third kappa shape index (κ3) is 8.74. The summed E-state index contributed by atoms with van der Waals surface area (Å²) in [6.45, 7) is 10.7. The Balaban J connectivity index is 0.000000320. The zero-order valence-corrected chi connectivity index (χ0v) is 19.8. The fourth-order valence-electron chi connectivity index (χ4n) is 3.44. The summed E-state index contributed by atoms with van der Waals surface area (Å²) in [7, 11) is 0. The molecule has 0 aliphatic heterocycles. The van der Waals surface area contributed by atoms with Crippen molar-refractivity contribution in [1.29, 1.82) is 0 Å². The van der Waals surface area contributed by atoms with Crippen LogP contribution in [0.1, 0.15) is 67.2 Å². The minimum atomic E-state index is -0.812. The third-order valence-corrected chi connectivity index (χ3v) is 5.42. The van der Waals surface area contributed by atoms with E-state index in [-0.39, 0.29) is 23.7 Å². The number of carbonyl (C=O) groups is 4. The van der Waals surface area contributed by atoms with Crippen LogP contribution in [-0.4, -0.2) is 57.4 Å². The van der Waals surface area contributed by atoms with E-state index in [1.54, 1.807) is 41.5 Å². The molecule has 0 radical (unpaired) electrons. The molecular formula is C22H38N2O8. The molecule has 2 aliphatic carbocycles. The Morgan fingerprint density at radius 1 is 0.688 bits per heavy atom. The average molecular weight is 459 g/mol.